The van der Waals surface area contributed by atoms with Gasteiger partial charge in [0.25, 0.3) is 0 Å². The van der Waals surface area contributed by atoms with Crippen LogP contribution in [0.5, 0.6) is 0 Å². The normalized spacial score (nSPS) is 10.8. The molecule has 3 nitrogen and oxygen atoms in total. The third kappa shape index (κ3) is 2.32. The van der Waals surface area contributed by atoms with E-state index in [-0.39, 0.29) is 0 Å². The van der Waals surface area contributed by atoms with Gasteiger partial charge in [-0.3, -0.25) is 0 Å². The summed E-state index contributed by atoms with van der Waals surface area (Å²) in [5.41, 5.74) is 4.60. The second-order valence-electron chi connectivity index (χ2n) is 4.72. The number of hydrogen-bond donors (Lipinski definition) is 2. The van der Waals surface area contributed by atoms with Crippen LogP contribution < -0.4 is 5.32 Å². The molecule has 0 radical (unpaired) electrons. The summed E-state index contributed by atoms with van der Waals surface area (Å²) in [4.78, 5) is 7.83. The summed E-state index contributed by atoms with van der Waals surface area (Å²) in [5, 5.41) is 4.56. The zero-order chi connectivity index (χ0) is 13.2. The number of rotatable bonds is 3. The molecule has 96 valence electrons. The summed E-state index contributed by atoms with van der Waals surface area (Å²) in [5.74, 6) is 0.900. The van der Waals surface area contributed by atoms with Gasteiger partial charge in [0.1, 0.15) is 5.82 Å². The second-order valence-corrected chi connectivity index (χ2v) is 4.72. The zero-order valence-electron chi connectivity index (χ0n) is 11.2. The van der Waals surface area contributed by atoms with E-state index in [2.05, 4.69) is 59.5 Å². The van der Waals surface area contributed by atoms with E-state index in [4.69, 9.17) is 0 Å². The summed E-state index contributed by atoms with van der Waals surface area (Å²) in [6.45, 7) is 4.23. The Bertz CT molecular complexity index is 713. The minimum atomic E-state index is 0.900. The van der Waals surface area contributed by atoms with Crippen LogP contribution in [0.3, 0.4) is 0 Å². The average molecular weight is 251 g/mol. The standard InChI is InChI=1S/C16H17N3/c1-3-14-11(2)4-7-16(19-14)18-13-5-6-15-12(10-13)8-9-17-15/h4-10,17H,3H2,1-2H3,(H,18,19). The lowest BCUT2D eigenvalue weighted by atomic mass is 10.2. The van der Waals surface area contributed by atoms with Crippen LogP contribution in [0.25, 0.3) is 10.9 Å². The van der Waals surface area contributed by atoms with Crippen LogP contribution >= 0.6 is 0 Å². The third-order valence-corrected chi connectivity index (χ3v) is 3.36. The Morgan fingerprint density at radius 3 is 2.89 bits per heavy atom. The molecule has 1 aromatic carbocycles. The number of pyridine rings is 1. The van der Waals surface area contributed by atoms with Crippen LogP contribution in [0.15, 0.2) is 42.6 Å². The van der Waals surface area contributed by atoms with E-state index in [1.165, 1.54) is 10.9 Å². The highest BCUT2D eigenvalue weighted by atomic mass is 15.0. The molecule has 0 unspecified atom stereocenters. The zero-order valence-corrected chi connectivity index (χ0v) is 11.2. The molecule has 0 saturated heterocycles. The highest BCUT2D eigenvalue weighted by molar-refractivity contribution is 5.83. The average Bonchev–Trinajstić information content (AvgIpc) is 2.88. The number of nitrogens with zero attached hydrogens (tertiary/aromatic N) is 1. The predicted octanol–water partition coefficient (Wildman–Crippen LogP) is 4.18. The molecule has 3 rings (SSSR count). The fraction of sp³-hybridized carbons (Fsp3) is 0.188. The first-order valence-electron chi connectivity index (χ1n) is 6.57. The smallest absolute Gasteiger partial charge is 0.130 e. The highest BCUT2D eigenvalue weighted by Gasteiger charge is 2.02. The van der Waals surface area contributed by atoms with Crippen molar-refractivity contribution in [1.29, 1.82) is 0 Å². The molecule has 0 aliphatic rings. The molecular formula is C16H17N3. The minimum Gasteiger partial charge on any atom is -0.361 e. The number of benzene rings is 1. The van der Waals surface area contributed by atoms with E-state index in [1.54, 1.807) is 0 Å². The number of aromatic amines is 1. The molecule has 3 heteroatoms. The van der Waals surface area contributed by atoms with Gasteiger partial charge in [0, 0.05) is 28.5 Å². The van der Waals surface area contributed by atoms with Crippen molar-refractivity contribution in [3.05, 3.63) is 53.9 Å². The Morgan fingerprint density at radius 2 is 2.05 bits per heavy atom. The molecule has 0 spiro atoms. The maximum absolute atomic E-state index is 4.63. The van der Waals surface area contributed by atoms with Crippen molar-refractivity contribution in [2.75, 3.05) is 5.32 Å². The van der Waals surface area contributed by atoms with Crippen LogP contribution in [-0.2, 0) is 6.42 Å². The van der Waals surface area contributed by atoms with Crippen LogP contribution in [-0.4, -0.2) is 9.97 Å². The first kappa shape index (κ1) is 11.8. The van der Waals surface area contributed by atoms with Gasteiger partial charge in [-0.15, -0.1) is 0 Å². The topological polar surface area (TPSA) is 40.7 Å². The Labute approximate surface area is 112 Å². The Balaban J connectivity index is 1.91. The molecule has 2 aromatic heterocycles. The summed E-state index contributed by atoms with van der Waals surface area (Å²) in [6.07, 6.45) is 2.91. The molecule has 19 heavy (non-hydrogen) atoms. The highest BCUT2D eigenvalue weighted by Crippen LogP contribution is 2.21. The molecule has 0 saturated carbocycles. The van der Waals surface area contributed by atoms with Gasteiger partial charge in [-0.05, 0) is 49.2 Å². The molecule has 0 aliphatic carbocycles. The molecule has 3 aromatic rings. The number of nitrogens with one attached hydrogen (secondary N) is 2. The lowest BCUT2D eigenvalue weighted by Crippen LogP contribution is -1.98. The SMILES string of the molecule is CCc1nc(Nc2ccc3[nH]ccc3c2)ccc1C. The maximum Gasteiger partial charge on any atom is 0.130 e. The summed E-state index contributed by atoms with van der Waals surface area (Å²) < 4.78 is 0. The molecule has 0 aliphatic heterocycles. The molecule has 0 bridgehead atoms. The van der Waals surface area contributed by atoms with E-state index in [0.717, 1.165) is 29.1 Å². The molecular weight excluding hydrogens is 234 g/mol. The van der Waals surface area contributed by atoms with Crippen molar-refractivity contribution in [3.8, 4) is 0 Å². The van der Waals surface area contributed by atoms with Gasteiger partial charge in [-0.2, -0.15) is 0 Å². The van der Waals surface area contributed by atoms with Crippen molar-refractivity contribution in [1.82, 2.24) is 9.97 Å². The van der Waals surface area contributed by atoms with E-state index in [0.29, 0.717) is 0 Å². The molecule has 0 fully saturated rings. The van der Waals surface area contributed by atoms with Crippen LogP contribution in [0.1, 0.15) is 18.2 Å². The third-order valence-electron chi connectivity index (χ3n) is 3.36. The van der Waals surface area contributed by atoms with Gasteiger partial charge in [0.15, 0.2) is 0 Å². The van der Waals surface area contributed by atoms with Crippen LogP contribution in [0, 0.1) is 6.92 Å². The summed E-state index contributed by atoms with van der Waals surface area (Å²) in [7, 11) is 0. The minimum absolute atomic E-state index is 0.900. The van der Waals surface area contributed by atoms with Crippen LogP contribution in [0.2, 0.25) is 0 Å². The van der Waals surface area contributed by atoms with Gasteiger partial charge >= 0.3 is 0 Å². The monoisotopic (exact) mass is 251 g/mol. The Kier molecular flexibility index (Phi) is 2.95. The van der Waals surface area contributed by atoms with Crippen molar-refractivity contribution in [2.24, 2.45) is 0 Å². The number of anilines is 2. The van der Waals surface area contributed by atoms with Crippen molar-refractivity contribution < 1.29 is 0 Å². The van der Waals surface area contributed by atoms with Gasteiger partial charge in [-0.1, -0.05) is 13.0 Å². The summed E-state index contributed by atoms with van der Waals surface area (Å²) in [6, 6.07) is 12.5. The molecule has 0 amide bonds. The van der Waals surface area contributed by atoms with E-state index >= 15 is 0 Å². The largest absolute Gasteiger partial charge is 0.361 e. The fourth-order valence-electron chi connectivity index (χ4n) is 2.28. The number of hydrogen-bond acceptors (Lipinski definition) is 2. The quantitative estimate of drug-likeness (QED) is 0.733. The van der Waals surface area contributed by atoms with Gasteiger partial charge in [0.05, 0.1) is 0 Å². The van der Waals surface area contributed by atoms with Gasteiger partial charge in [0.2, 0.25) is 0 Å². The van der Waals surface area contributed by atoms with Gasteiger partial charge in [-0.25, -0.2) is 4.98 Å². The maximum atomic E-state index is 4.63. The lowest BCUT2D eigenvalue weighted by Gasteiger charge is -2.09. The predicted molar refractivity (Wildman–Crippen MR) is 79.9 cm³/mol. The fourth-order valence-corrected chi connectivity index (χ4v) is 2.28. The van der Waals surface area contributed by atoms with E-state index in [1.807, 2.05) is 12.3 Å². The first-order chi connectivity index (χ1) is 9.26. The summed E-state index contributed by atoms with van der Waals surface area (Å²) >= 11 is 0. The number of aryl methyl sites for hydroxylation is 2. The first-order valence-corrected chi connectivity index (χ1v) is 6.57. The number of H-pyrrole nitrogens is 1. The molecule has 2 heterocycles. The Morgan fingerprint density at radius 1 is 1.16 bits per heavy atom. The van der Waals surface area contributed by atoms with E-state index in [9.17, 15) is 0 Å². The lowest BCUT2D eigenvalue weighted by molar-refractivity contribution is 1.01. The Hall–Kier alpha value is -2.29. The van der Waals surface area contributed by atoms with Crippen molar-refractivity contribution in [2.45, 2.75) is 20.3 Å². The van der Waals surface area contributed by atoms with Crippen LogP contribution in [0.4, 0.5) is 11.5 Å². The van der Waals surface area contributed by atoms with Gasteiger partial charge < -0.3 is 10.3 Å². The van der Waals surface area contributed by atoms with E-state index < -0.39 is 0 Å². The van der Waals surface area contributed by atoms with Crippen molar-refractivity contribution >= 4 is 22.4 Å². The second kappa shape index (κ2) is 4.76. The molecule has 0 atom stereocenters. The number of fused-ring (bicyclic) bond motifs is 1. The molecule has 2 N–H and O–H groups in total. The number of aromatic nitrogens is 2. The van der Waals surface area contributed by atoms with Crippen molar-refractivity contribution in [3.63, 3.8) is 0 Å².